The summed E-state index contributed by atoms with van der Waals surface area (Å²) in [4.78, 5) is 25.1. The Kier molecular flexibility index (Phi) is 6.19. The fourth-order valence-electron chi connectivity index (χ4n) is 2.65. The monoisotopic (exact) mass is 390 g/mol. The van der Waals surface area contributed by atoms with E-state index in [1.54, 1.807) is 60.7 Å². The van der Waals surface area contributed by atoms with E-state index in [0.717, 1.165) is 5.56 Å². The normalized spacial score (nSPS) is 10.7. The molecule has 146 valence electrons. The number of methoxy groups -OCH3 is 1. The molecule has 0 fully saturated rings. The average molecular weight is 390 g/mol. The van der Waals surface area contributed by atoms with Gasteiger partial charge in [0.05, 0.1) is 18.2 Å². The molecule has 0 unspecified atom stereocenters. The molecular formula is C24H19FO4. The molecule has 0 aliphatic heterocycles. The van der Waals surface area contributed by atoms with Crippen LogP contribution in [0, 0.1) is 12.7 Å². The highest BCUT2D eigenvalue weighted by atomic mass is 19.1. The van der Waals surface area contributed by atoms with Gasteiger partial charge in [-0.2, -0.15) is 0 Å². The average Bonchev–Trinajstić information content (AvgIpc) is 2.74. The maximum Gasteiger partial charge on any atom is 0.343 e. The fourth-order valence-corrected chi connectivity index (χ4v) is 2.65. The van der Waals surface area contributed by atoms with Crippen molar-refractivity contribution in [2.75, 3.05) is 7.11 Å². The molecule has 0 amide bonds. The molecule has 0 atom stereocenters. The van der Waals surface area contributed by atoms with Crippen molar-refractivity contribution in [3.05, 3.63) is 101 Å². The minimum atomic E-state index is -0.576. The summed E-state index contributed by atoms with van der Waals surface area (Å²) in [5, 5.41) is 0. The van der Waals surface area contributed by atoms with E-state index < -0.39 is 5.97 Å². The van der Waals surface area contributed by atoms with Gasteiger partial charge in [0, 0.05) is 0 Å². The van der Waals surface area contributed by atoms with Crippen LogP contribution in [0.15, 0.2) is 72.8 Å². The van der Waals surface area contributed by atoms with Crippen LogP contribution in [-0.2, 0) is 0 Å². The highest BCUT2D eigenvalue weighted by molar-refractivity contribution is 6.09. The number of ether oxygens (including phenoxy) is 2. The van der Waals surface area contributed by atoms with Gasteiger partial charge in [0.2, 0.25) is 0 Å². The van der Waals surface area contributed by atoms with E-state index in [1.807, 2.05) is 6.92 Å². The number of rotatable bonds is 6. The third-order valence-electron chi connectivity index (χ3n) is 4.23. The summed E-state index contributed by atoms with van der Waals surface area (Å²) < 4.78 is 23.5. The highest BCUT2D eigenvalue weighted by Crippen LogP contribution is 2.23. The molecule has 0 aromatic heterocycles. The van der Waals surface area contributed by atoms with Crippen molar-refractivity contribution < 1.29 is 23.5 Å². The number of hydrogen-bond acceptors (Lipinski definition) is 4. The molecular weight excluding hydrogens is 371 g/mol. The van der Waals surface area contributed by atoms with Crippen LogP contribution in [-0.4, -0.2) is 18.9 Å². The number of carbonyl (C=O) groups excluding carboxylic acids is 2. The summed E-state index contributed by atoms with van der Waals surface area (Å²) >= 11 is 0. The summed E-state index contributed by atoms with van der Waals surface area (Å²) in [6, 6.07) is 17.3. The topological polar surface area (TPSA) is 52.6 Å². The highest BCUT2D eigenvalue weighted by Gasteiger charge is 2.15. The molecule has 0 bridgehead atoms. The maximum atomic E-state index is 13.0. The third kappa shape index (κ3) is 5.17. The van der Waals surface area contributed by atoms with Crippen LogP contribution < -0.4 is 9.47 Å². The maximum absolute atomic E-state index is 13.0. The lowest BCUT2D eigenvalue weighted by Gasteiger charge is -2.10. The quantitative estimate of drug-likeness (QED) is 0.249. The number of halogens is 1. The Morgan fingerprint density at radius 1 is 0.931 bits per heavy atom. The SMILES string of the molecule is COc1ccc(C(=O)Oc2ccc(C)cc2C(=O)C=Cc2ccc(F)cc2)cc1. The summed E-state index contributed by atoms with van der Waals surface area (Å²) in [5.41, 5.74) is 2.15. The molecule has 0 N–H and O–H groups in total. The molecule has 0 aliphatic carbocycles. The Labute approximate surface area is 168 Å². The molecule has 0 saturated heterocycles. The van der Waals surface area contributed by atoms with Crippen molar-refractivity contribution >= 4 is 17.8 Å². The lowest BCUT2D eigenvalue weighted by atomic mass is 10.0. The molecule has 5 heteroatoms. The standard InChI is InChI=1S/C24H19FO4/c1-16-3-14-23(29-24(27)18-7-11-20(28-2)12-8-18)21(15-16)22(26)13-6-17-4-9-19(25)10-5-17/h3-15H,1-2H3. The molecule has 0 saturated carbocycles. The van der Waals surface area contributed by atoms with Crippen LogP contribution in [0.3, 0.4) is 0 Å². The van der Waals surface area contributed by atoms with Crippen LogP contribution >= 0.6 is 0 Å². The Bertz CT molecular complexity index is 1050. The van der Waals surface area contributed by atoms with Crippen molar-refractivity contribution in [1.82, 2.24) is 0 Å². The minimum absolute atomic E-state index is 0.171. The van der Waals surface area contributed by atoms with Gasteiger partial charge >= 0.3 is 5.97 Å². The van der Waals surface area contributed by atoms with Gasteiger partial charge in [-0.3, -0.25) is 4.79 Å². The molecule has 0 radical (unpaired) electrons. The van der Waals surface area contributed by atoms with E-state index in [0.29, 0.717) is 16.9 Å². The lowest BCUT2D eigenvalue weighted by molar-refractivity contribution is 0.0733. The zero-order chi connectivity index (χ0) is 20.8. The molecule has 29 heavy (non-hydrogen) atoms. The fraction of sp³-hybridized carbons (Fsp3) is 0.0833. The number of ketones is 1. The summed E-state index contributed by atoms with van der Waals surface area (Å²) in [6.07, 6.45) is 2.95. The van der Waals surface area contributed by atoms with Crippen LogP contribution in [0.1, 0.15) is 31.8 Å². The Morgan fingerprint density at radius 3 is 2.28 bits per heavy atom. The van der Waals surface area contributed by atoms with Gasteiger partial charge in [-0.15, -0.1) is 0 Å². The van der Waals surface area contributed by atoms with Gasteiger partial charge in [-0.25, -0.2) is 9.18 Å². The predicted molar refractivity (Wildman–Crippen MR) is 109 cm³/mol. The molecule has 4 nitrogen and oxygen atoms in total. The number of esters is 1. The van der Waals surface area contributed by atoms with E-state index in [1.165, 1.54) is 25.3 Å². The smallest absolute Gasteiger partial charge is 0.343 e. The zero-order valence-electron chi connectivity index (χ0n) is 16.0. The predicted octanol–water partition coefficient (Wildman–Crippen LogP) is 5.26. The Morgan fingerprint density at radius 2 is 1.62 bits per heavy atom. The molecule has 3 aromatic rings. The second kappa shape index (κ2) is 8.97. The van der Waals surface area contributed by atoms with Crippen molar-refractivity contribution in [2.24, 2.45) is 0 Å². The van der Waals surface area contributed by atoms with E-state index in [4.69, 9.17) is 9.47 Å². The van der Waals surface area contributed by atoms with Gasteiger partial charge < -0.3 is 9.47 Å². The molecule has 0 aliphatic rings. The van der Waals surface area contributed by atoms with Crippen LogP contribution in [0.5, 0.6) is 11.5 Å². The largest absolute Gasteiger partial charge is 0.497 e. The first kappa shape index (κ1) is 20.0. The Balaban J connectivity index is 1.82. The van der Waals surface area contributed by atoms with Gasteiger partial charge in [0.1, 0.15) is 17.3 Å². The van der Waals surface area contributed by atoms with Crippen LogP contribution in [0.2, 0.25) is 0 Å². The second-order valence-corrected chi connectivity index (χ2v) is 6.37. The van der Waals surface area contributed by atoms with E-state index in [2.05, 4.69) is 0 Å². The number of aryl methyl sites for hydroxylation is 1. The summed E-state index contributed by atoms with van der Waals surface area (Å²) in [7, 11) is 1.54. The van der Waals surface area contributed by atoms with E-state index in [9.17, 15) is 14.0 Å². The second-order valence-electron chi connectivity index (χ2n) is 6.37. The van der Waals surface area contributed by atoms with Gasteiger partial charge in [0.15, 0.2) is 5.78 Å². The van der Waals surface area contributed by atoms with Crippen molar-refractivity contribution in [2.45, 2.75) is 6.92 Å². The van der Waals surface area contributed by atoms with Crippen LogP contribution in [0.4, 0.5) is 4.39 Å². The number of hydrogen-bond donors (Lipinski definition) is 0. The number of benzene rings is 3. The van der Waals surface area contributed by atoms with Crippen molar-refractivity contribution in [3.8, 4) is 11.5 Å². The lowest BCUT2D eigenvalue weighted by Crippen LogP contribution is -2.11. The van der Waals surface area contributed by atoms with Crippen molar-refractivity contribution in [3.63, 3.8) is 0 Å². The van der Waals surface area contributed by atoms with Gasteiger partial charge in [-0.05, 0) is 67.1 Å². The molecule has 0 spiro atoms. The molecule has 0 heterocycles. The summed E-state index contributed by atoms with van der Waals surface area (Å²) in [5.74, 6) is -0.452. The first-order chi connectivity index (χ1) is 14.0. The number of carbonyl (C=O) groups is 2. The summed E-state index contributed by atoms with van der Waals surface area (Å²) in [6.45, 7) is 1.84. The number of allylic oxidation sites excluding steroid dienone is 1. The van der Waals surface area contributed by atoms with Crippen LogP contribution in [0.25, 0.3) is 6.08 Å². The molecule has 3 rings (SSSR count). The third-order valence-corrected chi connectivity index (χ3v) is 4.23. The molecule has 3 aromatic carbocycles. The van der Waals surface area contributed by atoms with Gasteiger partial charge in [0.25, 0.3) is 0 Å². The first-order valence-corrected chi connectivity index (χ1v) is 8.91. The van der Waals surface area contributed by atoms with E-state index >= 15 is 0 Å². The minimum Gasteiger partial charge on any atom is -0.497 e. The zero-order valence-corrected chi connectivity index (χ0v) is 16.0. The van der Waals surface area contributed by atoms with Crippen molar-refractivity contribution in [1.29, 1.82) is 0 Å². The first-order valence-electron chi connectivity index (χ1n) is 8.91. The van der Waals surface area contributed by atoms with E-state index in [-0.39, 0.29) is 22.9 Å². The van der Waals surface area contributed by atoms with Gasteiger partial charge in [-0.1, -0.05) is 29.8 Å². The Hall–Kier alpha value is -3.73.